The first kappa shape index (κ1) is 24.1. The molecule has 7 aromatic rings. The van der Waals surface area contributed by atoms with Crippen LogP contribution in [-0.2, 0) is 5.41 Å². The summed E-state index contributed by atoms with van der Waals surface area (Å²) in [6.07, 6.45) is 0. The average molecular weight is 525 g/mol. The van der Waals surface area contributed by atoms with E-state index in [4.69, 9.17) is 0 Å². The quantitative estimate of drug-likeness (QED) is 0.197. The second-order valence-corrected chi connectivity index (χ2v) is 12.3. The molecule has 0 atom stereocenters. The highest BCUT2D eigenvalue weighted by Crippen LogP contribution is 2.51. The second-order valence-electron chi connectivity index (χ2n) is 12.3. The largest absolute Gasteiger partial charge is 0.0619 e. The molecule has 0 saturated carbocycles. The number of fused-ring (bicyclic) bond motifs is 6. The molecule has 0 unspecified atom stereocenters. The van der Waals surface area contributed by atoms with Crippen LogP contribution in [0.3, 0.4) is 0 Å². The molecule has 7 aromatic carbocycles. The van der Waals surface area contributed by atoms with Crippen LogP contribution < -0.4 is 0 Å². The van der Waals surface area contributed by atoms with Crippen molar-refractivity contribution in [2.24, 2.45) is 0 Å². The number of hydrogen-bond donors (Lipinski definition) is 0. The van der Waals surface area contributed by atoms with E-state index in [1.807, 2.05) is 0 Å². The van der Waals surface area contributed by atoms with Crippen molar-refractivity contribution >= 4 is 32.3 Å². The number of rotatable bonds is 2. The Kier molecular flexibility index (Phi) is 5.10. The van der Waals surface area contributed by atoms with Crippen molar-refractivity contribution in [3.63, 3.8) is 0 Å². The Morgan fingerprint density at radius 1 is 0.415 bits per heavy atom. The maximum absolute atomic E-state index is 2.47. The number of benzene rings is 7. The highest BCUT2D eigenvalue weighted by Gasteiger charge is 2.35. The summed E-state index contributed by atoms with van der Waals surface area (Å²) in [4.78, 5) is 0. The molecule has 8 rings (SSSR count). The van der Waals surface area contributed by atoms with Gasteiger partial charge in [0.2, 0.25) is 0 Å². The molecule has 0 N–H and O–H groups in total. The molecule has 0 nitrogen and oxygen atoms in total. The lowest BCUT2D eigenvalue weighted by molar-refractivity contribution is 0.660. The molecular weight excluding hydrogens is 492 g/mol. The average Bonchev–Trinajstić information content (AvgIpc) is 3.22. The van der Waals surface area contributed by atoms with Gasteiger partial charge < -0.3 is 0 Å². The van der Waals surface area contributed by atoms with E-state index >= 15 is 0 Å². The molecule has 1 aliphatic rings. The van der Waals surface area contributed by atoms with Gasteiger partial charge >= 0.3 is 0 Å². The SMILES string of the molecule is Cc1ccc2c(-c3ccc(C)c4ccccc34)c3ccccc3c(-c3ccc4c(c3)C(C)(C)c3ccccc3-4)c2c1. The summed E-state index contributed by atoms with van der Waals surface area (Å²) >= 11 is 0. The van der Waals surface area contributed by atoms with Crippen molar-refractivity contribution in [3.8, 4) is 33.4 Å². The van der Waals surface area contributed by atoms with Crippen molar-refractivity contribution in [1.29, 1.82) is 0 Å². The monoisotopic (exact) mass is 524 g/mol. The molecular formula is C41H32. The molecule has 0 heterocycles. The van der Waals surface area contributed by atoms with E-state index in [0.29, 0.717) is 0 Å². The van der Waals surface area contributed by atoms with E-state index in [-0.39, 0.29) is 5.41 Å². The van der Waals surface area contributed by atoms with Crippen LogP contribution in [-0.4, -0.2) is 0 Å². The molecule has 41 heavy (non-hydrogen) atoms. The third kappa shape index (κ3) is 3.40. The molecule has 0 fully saturated rings. The molecule has 0 saturated heterocycles. The summed E-state index contributed by atoms with van der Waals surface area (Å²) in [6.45, 7) is 9.16. The van der Waals surface area contributed by atoms with Crippen LogP contribution >= 0.6 is 0 Å². The van der Waals surface area contributed by atoms with Crippen LogP contribution in [0.25, 0.3) is 65.7 Å². The zero-order valence-electron chi connectivity index (χ0n) is 24.0. The lowest BCUT2D eigenvalue weighted by Gasteiger charge is -2.23. The van der Waals surface area contributed by atoms with E-state index in [1.54, 1.807) is 0 Å². The maximum atomic E-state index is 2.47. The van der Waals surface area contributed by atoms with Crippen molar-refractivity contribution in [2.75, 3.05) is 0 Å². The molecule has 0 aliphatic heterocycles. The molecule has 0 bridgehead atoms. The zero-order valence-corrected chi connectivity index (χ0v) is 24.0. The standard InChI is InChI=1S/C41H32/c1-25-17-20-35-36(23-25)39(27-19-22-31-30-13-9-10-16-37(30)41(3,4)38(31)24-27)32-14-7-8-15-33(32)40(35)34-21-18-26(2)28-11-5-6-12-29(28)34/h5-24H,1-4H3. The molecule has 1 aliphatic carbocycles. The third-order valence-corrected chi connectivity index (χ3v) is 9.46. The maximum Gasteiger partial charge on any atom is 0.0159 e. The number of aryl methyl sites for hydroxylation is 2. The Bertz CT molecular complexity index is 2190. The van der Waals surface area contributed by atoms with Gasteiger partial charge in [0.25, 0.3) is 0 Å². The van der Waals surface area contributed by atoms with Gasteiger partial charge in [-0.2, -0.15) is 0 Å². The van der Waals surface area contributed by atoms with Gasteiger partial charge in [0, 0.05) is 5.41 Å². The van der Waals surface area contributed by atoms with Crippen LogP contribution in [0.5, 0.6) is 0 Å². The Hall–Kier alpha value is -4.68. The number of hydrogen-bond acceptors (Lipinski definition) is 0. The first-order valence-corrected chi connectivity index (χ1v) is 14.6. The molecule has 196 valence electrons. The zero-order chi connectivity index (χ0) is 27.9. The van der Waals surface area contributed by atoms with Gasteiger partial charge in [0.05, 0.1) is 0 Å². The molecule has 0 spiro atoms. The van der Waals surface area contributed by atoms with E-state index in [0.717, 1.165) is 0 Å². The van der Waals surface area contributed by atoms with Gasteiger partial charge in [-0.25, -0.2) is 0 Å². The molecule has 0 aromatic heterocycles. The van der Waals surface area contributed by atoms with Crippen molar-refractivity contribution in [3.05, 3.63) is 144 Å². The van der Waals surface area contributed by atoms with Gasteiger partial charge in [-0.3, -0.25) is 0 Å². The Morgan fingerprint density at radius 2 is 1.02 bits per heavy atom. The summed E-state index contributed by atoms with van der Waals surface area (Å²) in [5.74, 6) is 0. The lowest BCUT2D eigenvalue weighted by Crippen LogP contribution is -2.14. The van der Waals surface area contributed by atoms with Crippen LogP contribution in [0.15, 0.2) is 121 Å². The third-order valence-electron chi connectivity index (χ3n) is 9.46. The Balaban J connectivity index is 1.49. The van der Waals surface area contributed by atoms with Crippen LogP contribution in [0.4, 0.5) is 0 Å². The van der Waals surface area contributed by atoms with Gasteiger partial charge in [0.1, 0.15) is 0 Å². The first-order chi connectivity index (χ1) is 19.9. The highest BCUT2D eigenvalue weighted by molar-refractivity contribution is 6.23. The minimum absolute atomic E-state index is 0.0375. The van der Waals surface area contributed by atoms with Crippen LogP contribution in [0, 0.1) is 13.8 Å². The van der Waals surface area contributed by atoms with Crippen LogP contribution in [0.1, 0.15) is 36.1 Å². The minimum atomic E-state index is -0.0375. The molecule has 0 amide bonds. The van der Waals surface area contributed by atoms with Crippen molar-refractivity contribution < 1.29 is 0 Å². The van der Waals surface area contributed by atoms with E-state index in [1.165, 1.54) is 88.0 Å². The summed E-state index contributed by atoms with van der Waals surface area (Å²) in [5.41, 5.74) is 13.4. The summed E-state index contributed by atoms with van der Waals surface area (Å²) in [7, 11) is 0. The van der Waals surface area contributed by atoms with E-state index in [9.17, 15) is 0 Å². The predicted molar refractivity (Wildman–Crippen MR) is 177 cm³/mol. The normalized spacial score (nSPS) is 13.6. The van der Waals surface area contributed by atoms with Crippen molar-refractivity contribution in [2.45, 2.75) is 33.1 Å². The van der Waals surface area contributed by atoms with Gasteiger partial charge in [-0.15, -0.1) is 0 Å². The minimum Gasteiger partial charge on any atom is -0.0619 e. The van der Waals surface area contributed by atoms with E-state index < -0.39 is 0 Å². The molecule has 0 heteroatoms. The lowest BCUT2D eigenvalue weighted by atomic mass is 9.80. The van der Waals surface area contributed by atoms with Crippen molar-refractivity contribution in [1.82, 2.24) is 0 Å². The summed E-state index contributed by atoms with van der Waals surface area (Å²) in [5, 5.41) is 7.86. The topological polar surface area (TPSA) is 0 Å². The predicted octanol–water partition coefficient (Wildman–Crippen LogP) is 11.4. The van der Waals surface area contributed by atoms with E-state index in [2.05, 4.69) is 149 Å². The second kappa shape index (κ2) is 8.66. The van der Waals surface area contributed by atoms with Gasteiger partial charge in [-0.05, 0) is 102 Å². The fourth-order valence-electron chi connectivity index (χ4n) is 7.42. The fourth-order valence-corrected chi connectivity index (χ4v) is 7.42. The van der Waals surface area contributed by atoms with Gasteiger partial charge in [-0.1, -0.05) is 135 Å². The summed E-state index contributed by atoms with van der Waals surface area (Å²) in [6, 6.07) is 45.6. The highest BCUT2D eigenvalue weighted by atomic mass is 14.4. The van der Waals surface area contributed by atoms with Gasteiger partial charge in [0.15, 0.2) is 0 Å². The smallest absolute Gasteiger partial charge is 0.0159 e. The summed E-state index contributed by atoms with van der Waals surface area (Å²) < 4.78 is 0. The molecule has 0 radical (unpaired) electrons. The van der Waals surface area contributed by atoms with Crippen LogP contribution in [0.2, 0.25) is 0 Å². The Morgan fingerprint density at radius 3 is 1.83 bits per heavy atom. The fraction of sp³-hybridized carbons (Fsp3) is 0.122. The first-order valence-electron chi connectivity index (χ1n) is 14.6. The Labute approximate surface area is 241 Å².